The van der Waals surface area contributed by atoms with E-state index in [9.17, 15) is 19.2 Å². The Morgan fingerprint density at radius 2 is 1.79 bits per heavy atom. The van der Waals surface area contributed by atoms with E-state index >= 15 is 0 Å². The number of aryl methyl sites for hydroxylation is 1. The van der Waals surface area contributed by atoms with Crippen LogP contribution in [0.15, 0.2) is 24.3 Å². The maximum absolute atomic E-state index is 12.8. The Morgan fingerprint density at radius 3 is 2.46 bits per heavy atom. The van der Waals surface area contributed by atoms with Gasteiger partial charge in [0.1, 0.15) is 6.54 Å². The maximum Gasteiger partial charge on any atom is 0.334 e. The number of fused-ring (bicyclic) bond motifs is 1. The number of hydrogen-bond acceptors (Lipinski definition) is 4. The van der Waals surface area contributed by atoms with Crippen molar-refractivity contribution in [3.05, 3.63) is 29.8 Å². The zero-order valence-electron chi connectivity index (χ0n) is 13.7. The number of imide groups is 2. The Labute approximate surface area is 139 Å². The van der Waals surface area contributed by atoms with Gasteiger partial charge < -0.3 is 4.90 Å². The molecule has 0 unspecified atom stereocenters. The summed E-state index contributed by atoms with van der Waals surface area (Å²) in [6, 6.07) is 6.85. The third-order valence-electron chi connectivity index (χ3n) is 4.54. The van der Waals surface area contributed by atoms with Crippen LogP contribution in [0, 0.1) is 0 Å². The van der Waals surface area contributed by atoms with Crippen molar-refractivity contribution < 1.29 is 19.2 Å². The number of nitrogens with zero attached hydrogens (tertiary/aromatic N) is 3. The highest BCUT2D eigenvalue weighted by Gasteiger charge is 2.45. The van der Waals surface area contributed by atoms with E-state index in [-0.39, 0.29) is 18.5 Å². The number of rotatable bonds is 3. The molecule has 0 spiro atoms. The molecular weight excluding hydrogens is 310 g/mol. The van der Waals surface area contributed by atoms with E-state index in [1.54, 1.807) is 11.8 Å². The van der Waals surface area contributed by atoms with Crippen molar-refractivity contribution in [3.63, 3.8) is 0 Å². The SMILES string of the molecule is CCN1C(=O)C(=O)N(CC(=O)N2c3ccccc3CC[C@H]2C)C1=O. The Morgan fingerprint density at radius 1 is 1.12 bits per heavy atom. The van der Waals surface area contributed by atoms with Gasteiger partial charge in [-0.3, -0.25) is 19.3 Å². The first-order valence-corrected chi connectivity index (χ1v) is 8.03. The Kier molecular flexibility index (Phi) is 4.09. The molecule has 0 aliphatic carbocycles. The second-order valence-corrected chi connectivity index (χ2v) is 6.00. The monoisotopic (exact) mass is 329 g/mol. The molecular formula is C17H19N3O4. The number of anilines is 1. The van der Waals surface area contributed by atoms with Crippen LogP contribution in [0.2, 0.25) is 0 Å². The van der Waals surface area contributed by atoms with Gasteiger partial charge in [0.2, 0.25) is 5.91 Å². The van der Waals surface area contributed by atoms with Gasteiger partial charge in [-0.15, -0.1) is 0 Å². The molecule has 24 heavy (non-hydrogen) atoms. The van der Waals surface area contributed by atoms with Gasteiger partial charge in [-0.05, 0) is 38.3 Å². The zero-order chi connectivity index (χ0) is 17.4. The number of carbonyl (C=O) groups excluding carboxylic acids is 4. The average Bonchev–Trinajstić information content (AvgIpc) is 2.77. The lowest BCUT2D eigenvalue weighted by Gasteiger charge is -2.35. The second kappa shape index (κ2) is 6.07. The molecule has 126 valence electrons. The summed E-state index contributed by atoms with van der Waals surface area (Å²) in [5.74, 6) is -2.17. The molecule has 2 heterocycles. The molecule has 1 atom stereocenters. The highest BCUT2D eigenvalue weighted by molar-refractivity contribution is 6.45. The summed E-state index contributed by atoms with van der Waals surface area (Å²) in [6.07, 6.45) is 1.69. The lowest BCUT2D eigenvalue weighted by atomic mass is 9.96. The van der Waals surface area contributed by atoms with Gasteiger partial charge in [-0.25, -0.2) is 9.69 Å². The highest BCUT2D eigenvalue weighted by atomic mass is 16.2. The third kappa shape index (κ3) is 2.46. The molecule has 0 N–H and O–H groups in total. The summed E-state index contributed by atoms with van der Waals surface area (Å²) in [6.45, 7) is 3.23. The molecule has 0 saturated carbocycles. The fourth-order valence-corrected chi connectivity index (χ4v) is 3.25. The first kappa shape index (κ1) is 16.2. The Hall–Kier alpha value is -2.70. The zero-order valence-corrected chi connectivity index (χ0v) is 13.7. The van der Waals surface area contributed by atoms with Gasteiger partial charge in [0.15, 0.2) is 0 Å². The summed E-state index contributed by atoms with van der Waals surface area (Å²) in [5.41, 5.74) is 1.87. The van der Waals surface area contributed by atoms with Crippen molar-refractivity contribution in [2.75, 3.05) is 18.0 Å². The van der Waals surface area contributed by atoms with Crippen molar-refractivity contribution in [2.45, 2.75) is 32.7 Å². The van der Waals surface area contributed by atoms with Crippen molar-refractivity contribution in [3.8, 4) is 0 Å². The molecule has 3 rings (SSSR count). The number of amides is 5. The number of urea groups is 1. The number of likely N-dealkylation sites (N-methyl/N-ethyl adjacent to an activating group) is 1. The standard InChI is InChI=1S/C17H19N3O4/c1-3-18-15(22)16(23)19(17(18)24)10-14(21)20-11(2)8-9-12-6-4-5-7-13(12)20/h4-7,11H,3,8-10H2,1-2H3/t11-/m1/s1. The summed E-state index contributed by atoms with van der Waals surface area (Å²) in [4.78, 5) is 51.9. The predicted molar refractivity (Wildman–Crippen MR) is 86.2 cm³/mol. The molecule has 0 radical (unpaired) electrons. The minimum atomic E-state index is -0.937. The lowest BCUT2D eigenvalue weighted by Crippen LogP contribution is -2.48. The van der Waals surface area contributed by atoms with Crippen LogP contribution in [0.3, 0.4) is 0 Å². The van der Waals surface area contributed by atoms with Crippen LogP contribution in [-0.4, -0.2) is 52.7 Å². The van der Waals surface area contributed by atoms with E-state index in [4.69, 9.17) is 0 Å². The van der Waals surface area contributed by atoms with Crippen LogP contribution in [0.4, 0.5) is 10.5 Å². The highest BCUT2D eigenvalue weighted by Crippen LogP contribution is 2.30. The van der Waals surface area contributed by atoms with E-state index in [0.29, 0.717) is 0 Å². The minimum absolute atomic E-state index is 0.0295. The fraction of sp³-hybridized carbons (Fsp3) is 0.412. The van der Waals surface area contributed by atoms with Crippen LogP contribution in [0.5, 0.6) is 0 Å². The summed E-state index contributed by atoms with van der Waals surface area (Å²) in [5, 5.41) is 0. The van der Waals surface area contributed by atoms with Crippen LogP contribution in [-0.2, 0) is 20.8 Å². The first-order valence-electron chi connectivity index (χ1n) is 8.03. The summed E-state index contributed by atoms with van der Waals surface area (Å²) >= 11 is 0. The largest absolute Gasteiger partial charge is 0.334 e. The van der Waals surface area contributed by atoms with Crippen molar-refractivity contribution in [1.29, 1.82) is 0 Å². The van der Waals surface area contributed by atoms with E-state index < -0.39 is 24.4 Å². The van der Waals surface area contributed by atoms with Crippen molar-refractivity contribution >= 4 is 29.4 Å². The molecule has 1 aromatic rings. The lowest BCUT2D eigenvalue weighted by molar-refractivity contribution is -0.143. The number of benzene rings is 1. The second-order valence-electron chi connectivity index (χ2n) is 6.00. The normalized spacial score (nSPS) is 20.7. The van der Waals surface area contributed by atoms with Crippen LogP contribution >= 0.6 is 0 Å². The van der Waals surface area contributed by atoms with Crippen LogP contribution < -0.4 is 4.90 Å². The molecule has 0 aromatic heterocycles. The Bertz CT molecular complexity index is 730. The van der Waals surface area contributed by atoms with Crippen molar-refractivity contribution in [1.82, 2.24) is 9.80 Å². The van der Waals surface area contributed by atoms with E-state index in [0.717, 1.165) is 33.9 Å². The smallest absolute Gasteiger partial charge is 0.308 e. The number of carbonyl (C=O) groups is 4. The van der Waals surface area contributed by atoms with Gasteiger partial charge in [0, 0.05) is 18.3 Å². The number of hydrogen-bond donors (Lipinski definition) is 0. The molecule has 7 heteroatoms. The third-order valence-corrected chi connectivity index (χ3v) is 4.54. The van der Waals surface area contributed by atoms with Crippen LogP contribution in [0.25, 0.3) is 0 Å². The number of para-hydroxylation sites is 1. The maximum atomic E-state index is 12.8. The van der Waals surface area contributed by atoms with Gasteiger partial charge in [0.05, 0.1) is 0 Å². The molecule has 7 nitrogen and oxygen atoms in total. The molecule has 0 bridgehead atoms. The van der Waals surface area contributed by atoms with Crippen LogP contribution in [0.1, 0.15) is 25.8 Å². The van der Waals surface area contributed by atoms with Gasteiger partial charge in [-0.1, -0.05) is 18.2 Å². The molecule has 1 aromatic carbocycles. The average molecular weight is 329 g/mol. The molecule has 1 saturated heterocycles. The van der Waals surface area contributed by atoms with Crippen molar-refractivity contribution in [2.24, 2.45) is 0 Å². The fourth-order valence-electron chi connectivity index (χ4n) is 3.25. The molecule has 1 fully saturated rings. The molecule has 2 aliphatic rings. The van der Waals surface area contributed by atoms with Gasteiger partial charge >= 0.3 is 17.8 Å². The minimum Gasteiger partial charge on any atom is -0.308 e. The topological polar surface area (TPSA) is 78.0 Å². The quantitative estimate of drug-likeness (QED) is 0.616. The summed E-state index contributed by atoms with van der Waals surface area (Å²) < 4.78 is 0. The predicted octanol–water partition coefficient (Wildman–Crippen LogP) is 1.16. The molecule has 2 aliphatic heterocycles. The van der Waals surface area contributed by atoms with Gasteiger partial charge in [-0.2, -0.15) is 0 Å². The van der Waals surface area contributed by atoms with Gasteiger partial charge in [0.25, 0.3) is 0 Å². The first-order chi connectivity index (χ1) is 11.5. The van der Waals surface area contributed by atoms with E-state index in [1.807, 2.05) is 31.2 Å². The summed E-state index contributed by atoms with van der Waals surface area (Å²) in [7, 11) is 0. The molecule has 5 amide bonds. The Balaban J connectivity index is 1.84. The van der Waals surface area contributed by atoms with E-state index in [1.165, 1.54) is 0 Å². The van der Waals surface area contributed by atoms with E-state index in [2.05, 4.69) is 0 Å².